The van der Waals surface area contributed by atoms with Gasteiger partial charge in [0.15, 0.2) is 0 Å². The first-order chi connectivity index (χ1) is 12.5. The second-order valence-electron chi connectivity index (χ2n) is 5.78. The number of rotatable bonds is 4. The zero-order chi connectivity index (χ0) is 18.7. The number of primary amides is 1. The molecule has 3 rings (SSSR count). The quantitative estimate of drug-likeness (QED) is 0.703. The number of hydrogen-bond donors (Lipinski definition) is 3. The highest BCUT2D eigenvalue weighted by Gasteiger charge is 2.29. The second kappa shape index (κ2) is 7.83. The summed E-state index contributed by atoms with van der Waals surface area (Å²) in [4.78, 5) is 14.5. The fourth-order valence-corrected chi connectivity index (χ4v) is 3.84. The van der Waals surface area contributed by atoms with E-state index in [4.69, 9.17) is 22.4 Å². The summed E-state index contributed by atoms with van der Waals surface area (Å²) in [6, 6.07) is 9.20. The SMILES string of the molecule is NC(=O)C1=C(O)c2cc(C#CCCO)sc2N(Cc2ccc(Cl)cc2)C1. The summed E-state index contributed by atoms with van der Waals surface area (Å²) in [6.07, 6.45) is 0.380. The van der Waals surface area contributed by atoms with Gasteiger partial charge in [0.1, 0.15) is 10.8 Å². The molecule has 0 atom stereocenters. The molecule has 1 aromatic heterocycles. The lowest BCUT2D eigenvalue weighted by molar-refractivity contribution is -0.114. The van der Waals surface area contributed by atoms with Crippen LogP contribution in [0.25, 0.3) is 5.76 Å². The van der Waals surface area contributed by atoms with E-state index in [1.807, 2.05) is 29.2 Å². The Morgan fingerprint density at radius 3 is 2.73 bits per heavy atom. The number of fused-ring (bicyclic) bond motifs is 1. The first-order valence-corrected chi connectivity index (χ1v) is 9.14. The molecule has 2 heterocycles. The number of carbonyl (C=O) groups is 1. The Kier molecular flexibility index (Phi) is 5.52. The third-order valence-electron chi connectivity index (χ3n) is 3.92. The number of anilines is 1. The normalized spacial score (nSPS) is 13.2. The molecule has 2 aromatic rings. The fraction of sp³-hybridized carbons (Fsp3) is 0.211. The van der Waals surface area contributed by atoms with Crippen LogP contribution >= 0.6 is 22.9 Å². The van der Waals surface area contributed by atoms with E-state index >= 15 is 0 Å². The second-order valence-corrected chi connectivity index (χ2v) is 7.25. The van der Waals surface area contributed by atoms with E-state index in [0.29, 0.717) is 23.6 Å². The Labute approximate surface area is 160 Å². The van der Waals surface area contributed by atoms with Gasteiger partial charge in [-0.05, 0) is 23.8 Å². The lowest BCUT2D eigenvalue weighted by Crippen LogP contribution is -2.33. The van der Waals surface area contributed by atoms with Crippen LogP contribution in [0.4, 0.5) is 5.00 Å². The first kappa shape index (κ1) is 18.3. The van der Waals surface area contributed by atoms with Gasteiger partial charge >= 0.3 is 0 Å². The zero-order valence-electron chi connectivity index (χ0n) is 13.8. The lowest BCUT2D eigenvalue weighted by Gasteiger charge is -2.29. The van der Waals surface area contributed by atoms with Crippen LogP contribution in [-0.2, 0) is 11.3 Å². The maximum absolute atomic E-state index is 11.7. The van der Waals surface area contributed by atoms with E-state index in [9.17, 15) is 9.90 Å². The molecule has 0 radical (unpaired) electrons. The van der Waals surface area contributed by atoms with Crippen molar-refractivity contribution in [2.24, 2.45) is 5.73 Å². The maximum atomic E-state index is 11.7. The summed E-state index contributed by atoms with van der Waals surface area (Å²) >= 11 is 7.37. The van der Waals surface area contributed by atoms with Gasteiger partial charge < -0.3 is 20.8 Å². The molecule has 1 aliphatic rings. The molecule has 0 saturated carbocycles. The third-order valence-corrected chi connectivity index (χ3v) is 5.29. The minimum Gasteiger partial charge on any atom is -0.507 e. The number of halogens is 1. The summed E-state index contributed by atoms with van der Waals surface area (Å²) in [5.74, 6) is 5.11. The molecular weight excluding hydrogens is 372 g/mol. The number of amides is 1. The molecule has 4 N–H and O–H groups in total. The first-order valence-electron chi connectivity index (χ1n) is 7.95. The van der Waals surface area contributed by atoms with E-state index in [0.717, 1.165) is 15.4 Å². The molecule has 134 valence electrons. The van der Waals surface area contributed by atoms with Gasteiger partial charge in [-0.1, -0.05) is 35.6 Å². The van der Waals surface area contributed by atoms with Crippen molar-refractivity contribution < 1.29 is 15.0 Å². The van der Waals surface area contributed by atoms with Crippen molar-refractivity contribution in [2.45, 2.75) is 13.0 Å². The highest BCUT2D eigenvalue weighted by atomic mass is 35.5. The van der Waals surface area contributed by atoms with Crippen molar-refractivity contribution in [1.29, 1.82) is 0 Å². The summed E-state index contributed by atoms with van der Waals surface area (Å²) in [7, 11) is 0. The van der Waals surface area contributed by atoms with Gasteiger partial charge in [0.25, 0.3) is 0 Å². The molecule has 0 unspecified atom stereocenters. The van der Waals surface area contributed by atoms with Crippen molar-refractivity contribution in [3.05, 3.63) is 56.9 Å². The van der Waals surface area contributed by atoms with Crippen LogP contribution in [0.1, 0.15) is 22.4 Å². The number of benzene rings is 1. The van der Waals surface area contributed by atoms with Crippen LogP contribution in [-0.4, -0.2) is 29.3 Å². The smallest absolute Gasteiger partial charge is 0.250 e. The lowest BCUT2D eigenvalue weighted by atomic mass is 10.0. The number of aliphatic hydroxyl groups excluding tert-OH is 2. The van der Waals surface area contributed by atoms with Gasteiger partial charge in [-0.15, -0.1) is 11.3 Å². The van der Waals surface area contributed by atoms with E-state index < -0.39 is 5.91 Å². The topological polar surface area (TPSA) is 86.8 Å². The molecule has 0 saturated heterocycles. The van der Waals surface area contributed by atoms with E-state index in [1.54, 1.807) is 6.07 Å². The molecule has 5 nitrogen and oxygen atoms in total. The average Bonchev–Trinajstić information content (AvgIpc) is 3.04. The number of nitrogens with zero attached hydrogens (tertiary/aromatic N) is 1. The predicted molar refractivity (Wildman–Crippen MR) is 104 cm³/mol. The van der Waals surface area contributed by atoms with Gasteiger partial charge in [-0.2, -0.15) is 0 Å². The Balaban J connectivity index is 1.98. The molecule has 26 heavy (non-hydrogen) atoms. The molecule has 0 fully saturated rings. The van der Waals surface area contributed by atoms with Crippen molar-refractivity contribution in [3.63, 3.8) is 0 Å². The molecule has 0 spiro atoms. The number of carbonyl (C=O) groups excluding carboxylic acids is 1. The van der Waals surface area contributed by atoms with Crippen molar-refractivity contribution in [3.8, 4) is 11.8 Å². The molecule has 0 aliphatic carbocycles. The summed E-state index contributed by atoms with van der Waals surface area (Å²) in [5.41, 5.74) is 7.20. The van der Waals surface area contributed by atoms with Crippen LogP contribution in [0.5, 0.6) is 0 Å². The molecule has 0 bridgehead atoms. The number of nitrogens with two attached hydrogens (primary N) is 1. The summed E-state index contributed by atoms with van der Waals surface area (Å²) in [5, 5.41) is 20.8. The van der Waals surface area contributed by atoms with Crippen LogP contribution in [0.2, 0.25) is 5.02 Å². The number of thiophene rings is 1. The highest BCUT2D eigenvalue weighted by Crippen LogP contribution is 2.40. The maximum Gasteiger partial charge on any atom is 0.250 e. The van der Waals surface area contributed by atoms with Gasteiger partial charge in [-0.3, -0.25) is 4.79 Å². The predicted octanol–water partition coefficient (Wildman–Crippen LogP) is 2.91. The van der Waals surface area contributed by atoms with Gasteiger partial charge in [0, 0.05) is 18.0 Å². The minimum atomic E-state index is -0.645. The van der Waals surface area contributed by atoms with E-state index in [-0.39, 0.29) is 24.5 Å². The largest absolute Gasteiger partial charge is 0.507 e. The number of aliphatic hydroxyl groups is 2. The monoisotopic (exact) mass is 388 g/mol. The standard InChI is InChI=1S/C19H17ClN2O3S/c20-13-6-4-12(5-7-13)10-22-11-16(18(21)25)17(24)15-9-14(26-19(15)22)3-1-2-8-23/h4-7,9,23-24H,2,8,10-11H2,(H2,21,25). The minimum absolute atomic E-state index is 0.00222. The van der Waals surface area contributed by atoms with Crippen LogP contribution in [0.15, 0.2) is 35.9 Å². The molecular formula is C19H17ClN2O3S. The Hall–Kier alpha value is -2.46. The highest BCUT2D eigenvalue weighted by molar-refractivity contribution is 7.17. The Morgan fingerprint density at radius 2 is 2.08 bits per heavy atom. The van der Waals surface area contributed by atoms with E-state index in [2.05, 4.69) is 11.8 Å². The van der Waals surface area contributed by atoms with Crippen molar-refractivity contribution in [1.82, 2.24) is 0 Å². The van der Waals surface area contributed by atoms with Gasteiger partial charge in [0.2, 0.25) is 5.91 Å². The van der Waals surface area contributed by atoms with Gasteiger partial charge in [-0.25, -0.2) is 0 Å². The summed E-state index contributed by atoms with van der Waals surface area (Å²) in [6.45, 7) is 0.761. The van der Waals surface area contributed by atoms with Gasteiger partial charge in [0.05, 0.1) is 29.2 Å². The molecule has 1 aromatic carbocycles. The van der Waals surface area contributed by atoms with Crippen LogP contribution in [0, 0.1) is 11.8 Å². The average molecular weight is 389 g/mol. The number of hydrogen-bond acceptors (Lipinski definition) is 5. The molecule has 1 aliphatic heterocycles. The summed E-state index contributed by atoms with van der Waals surface area (Å²) < 4.78 is 0. The van der Waals surface area contributed by atoms with Crippen LogP contribution in [0.3, 0.4) is 0 Å². The van der Waals surface area contributed by atoms with Crippen molar-refractivity contribution in [2.75, 3.05) is 18.1 Å². The van der Waals surface area contributed by atoms with Crippen LogP contribution < -0.4 is 10.6 Å². The molecule has 7 heteroatoms. The molecule has 1 amide bonds. The Morgan fingerprint density at radius 1 is 1.35 bits per heavy atom. The Bertz CT molecular complexity index is 922. The van der Waals surface area contributed by atoms with E-state index in [1.165, 1.54) is 11.3 Å². The third kappa shape index (κ3) is 3.86. The fourth-order valence-electron chi connectivity index (χ4n) is 2.69. The van der Waals surface area contributed by atoms with Crippen molar-refractivity contribution >= 4 is 39.6 Å². The zero-order valence-corrected chi connectivity index (χ0v) is 15.4.